The van der Waals surface area contributed by atoms with E-state index in [9.17, 15) is 0 Å². The van der Waals surface area contributed by atoms with Crippen LogP contribution in [0.4, 0.5) is 5.69 Å². The third-order valence-electron chi connectivity index (χ3n) is 7.15. The molecule has 1 fully saturated rings. The average molecular weight is 401 g/mol. The van der Waals surface area contributed by atoms with E-state index in [2.05, 4.69) is 93.0 Å². The highest BCUT2D eigenvalue weighted by Gasteiger charge is 2.47. The molecule has 1 heteroatoms. The fourth-order valence-electron chi connectivity index (χ4n) is 5.36. The Bertz CT molecular complexity index is 928. The van der Waals surface area contributed by atoms with E-state index in [0.29, 0.717) is 5.92 Å². The van der Waals surface area contributed by atoms with Gasteiger partial charge in [-0.3, -0.25) is 0 Å². The number of nitrogens with zero attached hydrogens (tertiary/aromatic N) is 1. The molecule has 158 valence electrons. The lowest BCUT2D eigenvalue weighted by molar-refractivity contribution is -0.439. The van der Waals surface area contributed by atoms with E-state index < -0.39 is 0 Å². The van der Waals surface area contributed by atoms with Gasteiger partial charge in [0.05, 0.1) is 5.41 Å². The van der Waals surface area contributed by atoms with Crippen molar-refractivity contribution >= 4 is 11.4 Å². The number of allylic oxidation sites excluding steroid dienone is 2. The fraction of sp³-hybridized carbons (Fsp3) is 0.483. The normalized spacial score (nSPS) is 21.9. The van der Waals surface area contributed by atoms with Crippen molar-refractivity contribution in [2.24, 2.45) is 11.8 Å². The summed E-state index contributed by atoms with van der Waals surface area (Å²) >= 11 is 0. The highest BCUT2D eigenvalue weighted by Crippen LogP contribution is 2.43. The number of fused-ring (bicyclic) bond motifs is 1. The van der Waals surface area contributed by atoms with E-state index >= 15 is 0 Å². The van der Waals surface area contributed by atoms with E-state index in [-0.39, 0.29) is 5.41 Å². The molecule has 2 aromatic rings. The summed E-state index contributed by atoms with van der Waals surface area (Å²) in [5.74, 6) is 1.47. The van der Waals surface area contributed by atoms with Crippen LogP contribution in [0.3, 0.4) is 0 Å². The van der Waals surface area contributed by atoms with Crippen LogP contribution in [0.5, 0.6) is 0 Å². The van der Waals surface area contributed by atoms with Crippen molar-refractivity contribution in [1.82, 2.24) is 0 Å². The summed E-state index contributed by atoms with van der Waals surface area (Å²) in [6.45, 7) is 10.5. The summed E-state index contributed by atoms with van der Waals surface area (Å²) in [6.07, 6.45) is 12.8. The third-order valence-corrected chi connectivity index (χ3v) is 7.15. The fourth-order valence-corrected chi connectivity index (χ4v) is 5.36. The van der Waals surface area contributed by atoms with Crippen molar-refractivity contribution in [2.75, 3.05) is 6.54 Å². The Morgan fingerprint density at radius 2 is 1.80 bits per heavy atom. The van der Waals surface area contributed by atoms with Crippen LogP contribution in [0.25, 0.3) is 0 Å². The van der Waals surface area contributed by atoms with Crippen molar-refractivity contribution in [3.8, 4) is 0 Å². The third kappa shape index (κ3) is 4.31. The first-order chi connectivity index (χ1) is 14.5. The summed E-state index contributed by atoms with van der Waals surface area (Å²) in [6, 6.07) is 18.1. The molecule has 2 aromatic carbocycles. The van der Waals surface area contributed by atoms with Gasteiger partial charge in [-0.2, -0.15) is 4.58 Å². The zero-order valence-electron chi connectivity index (χ0n) is 19.3. The van der Waals surface area contributed by atoms with Crippen LogP contribution in [0.2, 0.25) is 0 Å². The maximum Gasteiger partial charge on any atom is 0.209 e. The van der Waals surface area contributed by atoms with Crippen molar-refractivity contribution in [3.63, 3.8) is 0 Å². The van der Waals surface area contributed by atoms with Gasteiger partial charge >= 0.3 is 0 Å². The quantitative estimate of drug-likeness (QED) is 0.426. The number of rotatable bonds is 7. The van der Waals surface area contributed by atoms with Gasteiger partial charge in [-0.25, -0.2) is 0 Å². The predicted molar refractivity (Wildman–Crippen MR) is 129 cm³/mol. The molecular weight excluding hydrogens is 362 g/mol. The summed E-state index contributed by atoms with van der Waals surface area (Å²) in [7, 11) is 0. The molecule has 0 radical (unpaired) electrons. The Balaban J connectivity index is 1.81. The van der Waals surface area contributed by atoms with E-state index in [0.717, 1.165) is 18.9 Å². The second-order valence-corrected chi connectivity index (χ2v) is 10.1. The van der Waals surface area contributed by atoms with E-state index in [1.54, 1.807) is 0 Å². The molecule has 0 saturated heterocycles. The van der Waals surface area contributed by atoms with Crippen LogP contribution in [-0.2, 0) is 11.8 Å². The summed E-state index contributed by atoms with van der Waals surface area (Å²) < 4.78 is 2.64. The van der Waals surface area contributed by atoms with Crippen molar-refractivity contribution in [1.29, 1.82) is 0 Å². The van der Waals surface area contributed by atoms with Gasteiger partial charge in [0, 0.05) is 24.1 Å². The van der Waals surface area contributed by atoms with E-state index in [1.807, 2.05) is 0 Å². The van der Waals surface area contributed by atoms with E-state index in [4.69, 9.17) is 0 Å². The molecule has 1 atom stereocenters. The average Bonchev–Trinajstić information content (AvgIpc) is 3.31. The standard InChI is InChI=1S/C29H38N/c1-22(2)18-19-30-27-16-14-23(3)20-26(27)29(4,21-25-12-6-5-7-13-25)28(30)17-15-24-10-8-9-11-24/h5-7,12-17,20,22,24H,8-11,18-19,21H2,1-4H3/q+1/b17-15+. The van der Waals surface area contributed by atoms with E-state index in [1.165, 1.54) is 60.2 Å². The summed E-state index contributed by atoms with van der Waals surface area (Å²) in [5, 5.41) is 0. The lowest BCUT2D eigenvalue weighted by Crippen LogP contribution is -2.34. The van der Waals surface area contributed by atoms with Gasteiger partial charge in [-0.15, -0.1) is 0 Å². The van der Waals surface area contributed by atoms with Gasteiger partial charge in [-0.1, -0.05) is 74.7 Å². The Morgan fingerprint density at radius 3 is 2.50 bits per heavy atom. The highest BCUT2D eigenvalue weighted by molar-refractivity contribution is 6.03. The SMILES string of the molecule is Cc1ccc2c(c1)C(C)(Cc1ccccc1)C(/C=C/C1CCCC1)=[N+]2CCC(C)C. The number of hydrogen-bond acceptors (Lipinski definition) is 0. The van der Waals surface area contributed by atoms with Gasteiger partial charge in [0.15, 0.2) is 5.71 Å². The number of hydrogen-bond donors (Lipinski definition) is 0. The van der Waals surface area contributed by atoms with Gasteiger partial charge in [-0.05, 0) is 56.6 Å². The minimum absolute atomic E-state index is 0.00872. The largest absolute Gasteiger partial charge is 0.209 e. The molecule has 0 bridgehead atoms. The monoisotopic (exact) mass is 400 g/mol. The van der Waals surface area contributed by atoms with Crippen LogP contribution >= 0.6 is 0 Å². The van der Waals surface area contributed by atoms with Crippen LogP contribution in [0.15, 0.2) is 60.7 Å². The Morgan fingerprint density at radius 1 is 1.07 bits per heavy atom. The first-order valence-electron chi connectivity index (χ1n) is 12.0. The first-order valence-corrected chi connectivity index (χ1v) is 12.0. The van der Waals surface area contributed by atoms with Crippen LogP contribution < -0.4 is 0 Å². The Kier molecular flexibility index (Phi) is 6.27. The van der Waals surface area contributed by atoms with Crippen molar-refractivity contribution in [3.05, 3.63) is 77.4 Å². The number of aryl methyl sites for hydroxylation is 1. The molecule has 1 unspecified atom stereocenters. The Labute approximate surface area is 183 Å². The molecule has 30 heavy (non-hydrogen) atoms. The first kappa shape index (κ1) is 21.1. The van der Waals surface area contributed by atoms with Gasteiger partial charge < -0.3 is 0 Å². The minimum atomic E-state index is 0.00872. The lowest BCUT2D eigenvalue weighted by Gasteiger charge is -2.23. The van der Waals surface area contributed by atoms with Gasteiger partial charge in [0.25, 0.3) is 0 Å². The molecule has 1 nitrogen and oxygen atoms in total. The minimum Gasteiger partial charge on any atom is -0.195 e. The van der Waals surface area contributed by atoms with Crippen molar-refractivity contribution < 1.29 is 4.58 Å². The zero-order chi connectivity index (χ0) is 21.1. The van der Waals surface area contributed by atoms with Crippen LogP contribution in [-0.4, -0.2) is 16.8 Å². The molecule has 1 heterocycles. The predicted octanol–water partition coefficient (Wildman–Crippen LogP) is 7.39. The zero-order valence-corrected chi connectivity index (χ0v) is 19.3. The second kappa shape index (κ2) is 8.92. The molecule has 2 aliphatic rings. The summed E-state index contributed by atoms with van der Waals surface area (Å²) in [4.78, 5) is 0. The molecule has 0 N–H and O–H groups in total. The maximum absolute atomic E-state index is 2.64. The highest BCUT2D eigenvalue weighted by atomic mass is 15.1. The molecule has 1 aliphatic carbocycles. The lowest BCUT2D eigenvalue weighted by atomic mass is 9.74. The van der Waals surface area contributed by atoms with Crippen LogP contribution in [0.1, 0.15) is 69.6 Å². The molecule has 0 aromatic heterocycles. The number of benzene rings is 2. The molecule has 1 saturated carbocycles. The molecule has 0 spiro atoms. The molecule has 4 rings (SSSR count). The van der Waals surface area contributed by atoms with Gasteiger partial charge in [0.1, 0.15) is 6.54 Å². The van der Waals surface area contributed by atoms with Crippen molar-refractivity contribution in [2.45, 2.75) is 71.6 Å². The second-order valence-electron chi connectivity index (χ2n) is 10.1. The van der Waals surface area contributed by atoms with Crippen LogP contribution in [0, 0.1) is 18.8 Å². The Hall–Kier alpha value is -2.15. The summed E-state index contributed by atoms with van der Waals surface area (Å²) in [5.41, 5.74) is 7.21. The van der Waals surface area contributed by atoms with Gasteiger partial charge in [0.2, 0.25) is 5.69 Å². The molecule has 0 amide bonds. The molecular formula is C29H38N+. The smallest absolute Gasteiger partial charge is 0.195 e. The molecule has 1 aliphatic heterocycles. The topological polar surface area (TPSA) is 3.01 Å². The maximum atomic E-state index is 2.64.